The normalized spacial score (nSPS) is 11.7. The van der Waals surface area contributed by atoms with Gasteiger partial charge in [0.2, 0.25) is 0 Å². The molecule has 0 aliphatic heterocycles. The van der Waals surface area contributed by atoms with Crippen LogP contribution in [-0.2, 0) is 16.2 Å². The number of benzene rings is 2. The molecular weight excluding hydrogens is 374 g/mol. The molecule has 0 saturated carbocycles. The molecule has 2 rings (SSSR count). The number of carbonyl (C=O) groups excluding carboxylic acids is 2. The van der Waals surface area contributed by atoms with Crippen molar-refractivity contribution >= 4 is 24.0 Å². The quantitative estimate of drug-likeness (QED) is 0.359. The second-order valence-corrected chi connectivity index (χ2v) is 6.31. The average Bonchev–Trinajstić information content (AvgIpc) is 2.73. The number of aromatic carboxylic acids is 1. The maximum Gasteiger partial charge on any atom is 0.335 e. The molecule has 29 heavy (non-hydrogen) atoms. The fraction of sp³-hybridized carbons (Fsp3) is 0.238. The molecule has 0 aromatic heterocycles. The molecule has 0 saturated heterocycles. The van der Waals surface area contributed by atoms with Crippen molar-refractivity contribution in [3.63, 3.8) is 0 Å². The minimum atomic E-state index is -0.987. The Morgan fingerprint density at radius 3 is 2.45 bits per heavy atom. The van der Waals surface area contributed by atoms with Crippen LogP contribution in [0, 0.1) is 0 Å². The molecule has 0 heterocycles. The molecular formula is C21H23N3O5. The molecule has 0 unspecified atom stereocenters. The number of amides is 2. The van der Waals surface area contributed by atoms with E-state index in [1.165, 1.54) is 18.3 Å². The second-order valence-electron chi connectivity index (χ2n) is 6.31. The number of ether oxygens (including phenoxy) is 1. The Kier molecular flexibility index (Phi) is 7.90. The first-order valence-corrected chi connectivity index (χ1v) is 9.08. The summed E-state index contributed by atoms with van der Waals surface area (Å²) in [6.45, 7) is 3.93. The smallest absolute Gasteiger partial charge is 0.335 e. The lowest BCUT2D eigenvalue weighted by molar-refractivity contribution is -0.139. The van der Waals surface area contributed by atoms with E-state index < -0.39 is 17.8 Å². The zero-order chi connectivity index (χ0) is 21.2. The van der Waals surface area contributed by atoms with Gasteiger partial charge in [0.05, 0.1) is 11.8 Å². The van der Waals surface area contributed by atoms with Gasteiger partial charge in [0.25, 0.3) is 0 Å². The van der Waals surface area contributed by atoms with E-state index in [0.29, 0.717) is 17.7 Å². The summed E-state index contributed by atoms with van der Waals surface area (Å²) in [5, 5.41) is 15.3. The van der Waals surface area contributed by atoms with E-state index in [0.717, 1.165) is 5.56 Å². The van der Waals surface area contributed by atoms with Gasteiger partial charge in [-0.2, -0.15) is 5.10 Å². The van der Waals surface area contributed by atoms with Crippen LogP contribution in [0.25, 0.3) is 0 Å². The Bertz CT molecular complexity index is 893. The molecule has 2 amide bonds. The Morgan fingerprint density at radius 2 is 1.79 bits per heavy atom. The highest BCUT2D eigenvalue weighted by Gasteiger charge is 2.14. The van der Waals surface area contributed by atoms with Crippen LogP contribution in [0.4, 0.5) is 0 Å². The summed E-state index contributed by atoms with van der Waals surface area (Å²) in [5.74, 6) is -2.06. The Morgan fingerprint density at radius 1 is 1.10 bits per heavy atom. The molecule has 3 N–H and O–H groups in total. The van der Waals surface area contributed by atoms with E-state index in [9.17, 15) is 14.4 Å². The molecule has 152 valence electrons. The number of hydrogen-bond acceptors (Lipinski definition) is 5. The van der Waals surface area contributed by atoms with Crippen LogP contribution in [0.5, 0.6) is 5.75 Å². The van der Waals surface area contributed by atoms with Crippen molar-refractivity contribution in [2.75, 3.05) is 0 Å². The van der Waals surface area contributed by atoms with Crippen molar-refractivity contribution in [1.29, 1.82) is 0 Å². The van der Waals surface area contributed by atoms with Gasteiger partial charge in [-0.3, -0.25) is 9.59 Å². The zero-order valence-electron chi connectivity index (χ0n) is 16.2. The van der Waals surface area contributed by atoms with E-state index in [2.05, 4.69) is 15.8 Å². The average molecular weight is 397 g/mol. The third kappa shape index (κ3) is 6.76. The first-order valence-electron chi connectivity index (χ1n) is 9.08. The Hall–Kier alpha value is -3.68. The molecule has 8 nitrogen and oxygen atoms in total. The van der Waals surface area contributed by atoms with E-state index in [4.69, 9.17) is 9.84 Å². The summed E-state index contributed by atoms with van der Waals surface area (Å²) < 4.78 is 5.77. The molecule has 0 bridgehead atoms. The maximum atomic E-state index is 11.7. The Labute approximate surface area is 168 Å². The lowest BCUT2D eigenvalue weighted by Gasteiger charge is -2.10. The summed E-state index contributed by atoms with van der Waals surface area (Å²) in [6.07, 6.45) is 2.10. The number of para-hydroxylation sites is 1. The summed E-state index contributed by atoms with van der Waals surface area (Å²) in [6, 6.07) is 13.3. The summed E-state index contributed by atoms with van der Waals surface area (Å²) in [7, 11) is 0. The molecule has 0 aliphatic rings. The predicted molar refractivity (Wildman–Crippen MR) is 108 cm³/mol. The van der Waals surface area contributed by atoms with Crippen molar-refractivity contribution < 1.29 is 24.2 Å². The van der Waals surface area contributed by atoms with Gasteiger partial charge in [-0.25, -0.2) is 10.2 Å². The van der Waals surface area contributed by atoms with Crippen LogP contribution in [-0.4, -0.2) is 35.1 Å². The van der Waals surface area contributed by atoms with Gasteiger partial charge >= 0.3 is 17.8 Å². The van der Waals surface area contributed by atoms with Crippen molar-refractivity contribution in [2.45, 2.75) is 32.9 Å². The van der Waals surface area contributed by atoms with Crippen LogP contribution in [0.15, 0.2) is 53.6 Å². The third-order valence-electron chi connectivity index (χ3n) is 4.08. The first kappa shape index (κ1) is 21.6. The van der Waals surface area contributed by atoms with Gasteiger partial charge < -0.3 is 15.2 Å². The zero-order valence-corrected chi connectivity index (χ0v) is 16.2. The van der Waals surface area contributed by atoms with Gasteiger partial charge in [0.1, 0.15) is 12.4 Å². The number of rotatable bonds is 8. The van der Waals surface area contributed by atoms with Crippen LogP contribution in [0.2, 0.25) is 0 Å². The number of carboxylic acid groups (broad SMARTS) is 1. The highest BCUT2D eigenvalue weighted by molar-refractivity contribution is 6.35. The van der Waals surface area contributed by atoms with Gasteiger partial charge in [-0.1, -0.05) is 31.2 Å². The molecule has 0 radical (unpaired) electrons. The topological polar surface area (TPSA) is 117 Å². The largest absolute Gasteiger partial charge is 0.488 e. The van der Waals surface area contributed by atoms with Crippen molar-refractivity contribution in [3.8, 4) is 5.75 Å². The van der Waals surface area contributed by atoms with Crippen LogP contribution >= 0.6 is 0 Å². The van der Waals surface area contributed by atoms with E-state index in [1.54, 1.807) is 43.3 Å². The van der Waals surface area contributed by atoms with E-state index >= 15 is 0 Å². The number of hydrogen-bond donors (Lipinski definition) is 3. The minimum absolute atomic E-state index is 0.101. The Balaban J connectivity index is 1.95. The van der Waals surface area contributed by atoms with Crippen LogP contribution in [0.3, 0.4) is 0 Å². The van der Waals surface area contributed by atoms with Crippen LogP contribution < -0.4 is 15.5 Å². The SMILES string of the molecule is CC[C@H](C)NC(=O)C(=O)N/N=C\c1ccccc1OCc1ccc(C(=O)O)cc1. The molecule has 0 aliphatic carbocycles. The highest BCUT2D eigenvalue weighted by atomic mass is 16.5. The lowest BCUT2D eigenvalue weighted by Crippen LogP contribution is -2.41. The lowest BCUT2D eigenvalue weighted by atomic mass is 10.1. The van der Waals surface area contributed by atoms with Crippen molar-refractivity contribution in [1.82, 2.24) is 10.7 Å². The summed E-state index contributed by atoms with van der Waals surface area (Å²) >= 11 is 0. The van der Waals surface area contributed by atoms with Gasteiger partial charge in [-0.05, 0) is 43.2 Å². The van der Waals surface area contributed by atoms with Gasteiger partial charge in [0.15, 0.2) is 0 Å². The first-order chi connectivity index (χ1) is 13.9. The third-order valence-corrected chi connectivity index (χ3v) is 4.08. The molecule has 1 atom stereocenters. The van der Waals surface area contributed by atoms with Crippen LogP contribution in [0.1, 0.15) is 41.8 Å². The molecule has 2 aromatic carbocycles. The second kappa shape index (κ2) is 10.6. The van der Waals surface area contributed by atoms with Gasteiger partial charge in [-0.15, -0.1) is 0 Å². The number of carbonyl (C=O) groups is 3. The number of nitrogens with zero attached hydrogens (tertiary/aromatic N) is 1. The fourth-order valence-electron chi connectivity index (χ4n) is 2.23. The summed E-state index contributed by atoms with van der Waals surface area (Å²) in [4.78, 5) is 34.3. The maximum absolute atomic E-state index is 11.7. The number of hydrazone groups is 1. The number of nitrogens with one attached hydrogen (secondary N) is 2. The minimum Gasteiger partial charge on any atom is -0.488 e. The standard InChI is InChI=1S/C21H23N3O5/c1-3-14(2)23-19(25)20(26)24-22-12-17-6-4-5-7-18(17)29-13-15-8-10-16(11-9-15)21(27)28/h4-12,14H,3,13H2,1-2H3,(H,23,25)(H,24,26)(H,27,28)/b22-12-/t14-/m0/s1. The molecule has 0 fully saturated rings. The number of carboxylic acids is 1. The fourth-order valence-corrected chi connectivity index (χ4v) is 2.23. The van der Waals surface area contributed by atoms with Crippen molar-refractivity contribution in [3.05, 3.63) is 65.2 Å². The van der Waals surface area contributed by atoms with E-state index in [1.807, 2.05) is 6.92 Å². The highest BCUT2D eigenvalue weighted by Crippen LogP contribution is 2.18. The van der Waals surface area contributed by atoms with E-state index in [-0.39, 0.29) is 18.2 Å². The molecule has 0 spiro atoms. The monoisotopic (exact) mass is 397 g/mol. The summed E-state index contributed by atoms with van der Waals surface area (Å²) in [5.41, 5.74) is 3.80. The molecule has 2 aromatic rings. The predicted octanol–water partition coefficient (Wildman–Crippen LogP) is 2.33. The van der Waals surface area contributed by atoms with Crippen molar-refractivity contribution in [2.24, 2.45) is 5.10 Å². The van der Waals surface area contributed by atoms with Gasteiger partial charge in [0, 0.05) is 11.6 Å². The molecule has 8 heteroatoms.